The highest BCUT2D eigenvalue weighted by Gasteiger charge is 2.13. The van der Waals surface area contributed by atoms with E-state index in [4.69, 9.17) is 0 Å². The molecule has 2 rings (SSSR count). The van der Waals surface area contributed by atoms with Gasteiger partial charge in [-0.15, -0.1) is 0 Å². The first-order chi connectivity index (χ1) is 11.5. The van der Waals surface area contributed by atoms with Gasteiger partial charge in [0.2, 0.25) is 11.8 Å². The van der Waals surface area contributed by atoms with Gasteiger partial charge >= 0.3 is 0 Å². The van der Waals surface area contributed by atoms with E-state index >= 15 is 0 Å². The monoisotopic (exact) mass is 328 g/mol. The number of halogens is 1. The van der Waals surface area contributed by atoms with Crippen molar-refractivity contribution in [1.82, 2.24) is 10.2 Å². The molecule has 5 heteroatoms. The molecule has 0 saturated carbocycles. The highest BCUT2D eigenvalue weighted by molar-refractivity contribution is 5.83. The maximum absolute atomic E-state index is 12.9. The van der Waals surface area contributed by atoms with Crippen LogP contribution in [0.4, 0.5) is 4.39 Å². The van der Waals surface area contributed by atoms with E-state index in [-0.39, 0.29) is 24.2 Å². The van der Waals surface area contributed by atoms with Crippen LogP contribution >= 0.6 is 0 Å². The molecule has 2 aromatic rings. The molecule has 1 N–H and O–H groups in total. The molecule has 4 nitrogen and oxygen atoms in total. The molecule has 0 unspecified atom stereocenters. The molecule has 0 heterocycles. The smallest absolute Gasteiger partial charge is 0.239 e. The van der Waals surface area contributed by atoms with Crippen LogP contribution in [0.25, 0.3) is 0 Å². The zero-order valence-corrected chi connectivity index (χ0v) is 13.7. The van der Waals surface area contributed by atoms with Crippen LogP contribution in [0, 0.1) is 5.82 Å². The molecule has 0 spiro atoms. The standard InChI is InChI=1S/C19H21FN2O2/c1-15(23)22(12-11-16-7-9-18(20)10-8-16)14-19(24)21-13-17-5-3-2-4-6-17/h2-10H,11-14H2,1H3,(H,21,24). The summed E-state index contributed by atoms with van der Waals surface area (Å²) in [6.45, 7) is 2.31. The number of nitrogens with zero attached hydrogens (tertiary/aromatic N) is 1. The topological polar surface area (TPSA) is 49.4 Å². The summed E-state index contributed by atoms with van der Waals surface area (Å²) in [5, 5.41) is 2.81. The SMILES string of the molecule is CC(=O)N(CCc1ccc(F)cc1)CC(=O)NCc1ccccc1. The lowest BCUT2D eigenvalue weighted by Gasteiger charge is -2.20. The molecule has 126 valence electrons. The Balaban J connectivity index is 1.82. The Morgan fingerprint density at radius 3 is 2.29 bits per heavy atom. The van der Waals surface area contributed by atoms with Crippen molar-refractivity contribution in [1.29, 1.82) is 0 Å². The normalized spacial score (nSPS) is 10.2. The number of carbonyl (C=O) groups is 2. The molecule has 0 aliphatic carbocycles. The first-order valence-corrected chi connectivity index (χ1v) is 7.85. The van der Waals surface area contributed by atoms with Gasteiger partial charge in [0.25, 0.3) is 0 Å². The van der Waals surface area contributed by atoms with Gasteiger partial charge in [-0.3, -0.25) is 9.59 Å². The third-order valence-corrected chi connectivity index (χ3v) is 3.70. The molecule has 2 aromatic carbocycles. The summed E-state index contributed by atoms with van der Waals surface area (Å²) in [4.78, 5) is 25.2. The summed E-state index contributed by atoms with van der Waals surface area (Å²) in [6, 6.07) is 15.7. The molecular weight excluding hydrogens is 307 g/mol. The Morgan fingerprint density at radius 1 is 1.00 bits per heavy atom. The van der Waals surface area contributed by atoms with Crippen LogP contribution in [0.1, 0.15) is 18.1 Å². The summed E-state index contributed by atoms with van der Waals surface area (Å²) < 4.78 is 12.9. The van der Waals surface area contributed by atoms with E-state index in [9.17, 15) is 14.0 Å². The zero-order chi connectivity index (χ0) is 17.4. The van der Waals surface area contributed by atoms with Crippen LogP contribution in [0.3, 0.4) is 0 Å². The average Bonchev–Trinajstić information content (AvgIpc) is 2.59. The third kappa shape index (κ3) is 5.83. The van der Waals surface area contributed by atoms with Gasteiger partial charge in [-0.05, 0) is 29.7 Å². The Bertz CT molecular complexity index is 672. The average molecular weight is 328 g/mol. The van der Waals surface area contributed by atoms with Crippen LogP contribution in [-0.2, 0) is 22.6 Å². The predicted octanol–water partition coefficient (Wildman–Crippen LogP) is 2.53. The van der Waals surface area contributed by atoms with Crippen LogP contribution < -0.4 is 5.32 Å². The molecule has 24 heavy (non-hydrogen) atoms. The van der Waals surface area contributed by atoms with Gasteiger partial charge in [-0.2, -0.15) is 0 Å². The van der Waals surface area contributed by atoms with E-state index in [1.165, 1.54) is 24.0 Å². The molecule has 2 amide bonds. The van der Waals surface area contributed by atoms with Crippen molar-refractivity contribution >= 4 is 11.8 Å². The Hall–Kier alpha value is -2.69. The Morgan fingerprint density at radius 2 is 1.67 bits per heavy atom. The highest BCUT2D eigenvalue weighted by Crippen LogP contribution is 2.05. The lowest BCUT2D eigenvalue weighted by Crippen LogP contribution is -2.40. The number of hydrogen-bond acceptors (Lipinski definition) is 2. The van der Waals surface area contributed by atoms with Crippen molar-refractivity contribution in [2.75, 3.05) is 13.1 Å². The van der Waals surface area contributed by atoms with E-state index in [1.54, 1.807) is 12.1 Å². The number of hydrogen-bond donors (Lipinski definition) is 1. The molecule has 0 bridgehead atoms. The van der Waals surface area contributed by atoms with E-state index in [2.05, 4.69) is 5.32 Å². The summed E-state index contributed by atoms with van der Waals surface area (Å²) in [7, 11) is 0. The minimum atomic E-state index is -0.289. The second-order valence-corrected chi connectivity index (χ2v) is 5.58. The fraction of sp³-hybridized carbons (Fsp3) is 0.263. The van der Waals surface area contributed by atoms with Crippen LogP contribution in [-0.4, -0.2) is 29.8 Å². The van der Waals surface area contributed by atoms with Crippen molar-refractivity contribution in [2.24, 2.45) is 0 Å². The number of rotatable bonds is 7. The number of nitrogens with one attached hydrogen (secondary N) is 1. The fourth-order valence-corrected chi connectivity index (χ4v) is 2.29. The van der Waals surface area contributed by atoms with Crippen molar-refractivity contribution in [2.45, 2.75) is 19.9 Å². The molecule has 0 fully saturated rings. The lowest BCUT2D eigenvalue weighted by molar-refractivity contribution is -0.134. The molecular formula is C19H21FN2O2. The number of carbonyl (C=O) groups excluding carboxylic acids is 2. The molecule has 0 aromatic heterocycles. The lowest BCUT2D eigenvalue weighted by atomic mass is 10.1. The van der Waals surface area contributed by atoms with Gasteiger partial charge < -0.3 is 10.2 Å². The summed E-state index contributed by atoms with van der Waals surface area (Å²) in [6.07, 6.45) is 0.575. The first-order valence-electron chi connectivity index (χ1n) is 7.85. The van der Waals surface area contributed by atoms with Gasteiger partial charge in [-0.1, -0.05) is 42.5 Å². The van der Waals surface area contributed by atoms with Crippen molar-refractivity contribution < 1.29 is 14.0 Å². The van der Waals surface area contributed by atoms with E-state index in [0.29, 0.717) is 19.5 Å². The van der Waals surface area contributed by atoms with Gasteiger partial charge in [0.05, 0.1) is 6.54 Å². The minimum Gasteiger partial charge on any atom is -0.350 e. The molecule has 0 atom stereocenters. The van der Waals surface area contributed by atoms with Gasteiger partial charge in [0.1, 0.15) is 5.82 Å². The molecule has 0 radical (unpaired) electrons. The molecule has 0 saturated heterocycles. The molecule has 0 aliphatic heterocycles. The first kappa shape index (κ1) is 17.7. The Kier molecular flexibility index (Phi) is 6.49. The van der Waals surface area contributed by atoms with Crippen molar-refractivity contribution in [3.8, 4) is 0 Å². The van der Waals surface area contributed by atoms with Gasteiger partial charge in [0, 0.05) is 20.0 Å². The van der Waals surface area contributed by atoms with Crippen molar-refractivity contribution in [3.63, 3.8) is 0 Å². The minimum absolute atomic E-state index is 0.0172. The number of amides is 2. The fourth-order valence-electron chi connectivity index (χ4n) is 2.29. The highest BCUT2D eigenvalue weighted by atomic mass is 19.1. The van der Waals surface area contributed by atoms with Crippen molar-refractivity contribution in [3.05, 3.63) is 71.5 Å². The quantitative estimate of drug-likeness (QED) is 0.849. The summed E-state index contributed by atoms with van der Waals surface area (Å²) in [5.74, 6) is -0.650. The second-order valence-electron chi connectivity index (χ2n) is 5.58. The zero-order valence-electron chi connectivity index (χ0n) is 13.7. The van der Waals surface area contributed by atoms with Crippen LogP contribution in [0.5, 0.6) is 0 Å². The second kappa shape index (κ2) is 8.82. The van der Waals surface area contributed by atoms with Gasteiger partial charge in [0.15, 0.2) is 0 Å². The van der Waals surface area contributed by atoms with Crippen LogP contribution in [0.15, 0.2) is 54.6 Å². The summed E-state index contributed by atoms with van der Waals surface area (Å²) in [5.41, 5.74) is 1.93. The van der Waals surface area contributed by atoms with Gasteiger partial charge in [-0.25, -0.2) is 4.39 Å². The van der Waals surface area contributed by atoms with Crippen LogP contribution in [0.2, 0.25) is 0 Å². The maximum Gasteiger partial charge on any atom is 0.239 e. The predicted molar refractivity (Wildman–Crippen MR) is 90.6 cm³/mol. The summed E-state index contributed by atoms with van der Waals surface area (Å²) >= 11 is 0. The number of benzene rings is 2. The Labute approximate surface area is 141 Å². The third-order valence-electron chi connectivity index (χ3n) is 3.70. The molecule has 0 aliphatic rings. The maximum atomic E-state index is 12.9. The van der Waals surface area contributed by atoms with E-state index in [0.717, 1.165) is 11.1 Å². The van der Waals surface area contributed by atoms with E-state index < -0.39 is 0 Å². The van der Waals surface area contributed by atoms with E-state index in [1.807, 2.05) is 30.3 Å². The largest absolute Gasteiger partial charge is 0.350 e.